The van der Waals surface area contributed by atoms with Gasteiger partial charge in [-0.2, -0.15) is 4.39 Å². The first kappa shape index (κ1) is 14.0. The fraction of sp³-hybridized carbons (Fsp3) is 0.308. The third-order valence-electron chi connectivity index (χ3n) is 2.70. The number of H-pyrrole nitrogens is 1. The molecule has 0 unspecified atom stereocenters. The number of pyridine rings is 1. The number of halogens is 1. The fourth-order valence-electron chi connectivity index (χ4n) is 1.72. The molecule has 106 valence electrons. The van der Waals surface area contributed by atoms with Gasteiger partial charge in [-0.15, -0.1) is 0 Å². The van der Waals surface area contributed by atoms with Gasteiger partial charge in [-0.3, -0.25) is 19.3 Å². The number of nitrogens with one attached hydrogen (secondary N) is 2. The van der Waals surface area contributed by atoms with Gasteiger partial charge in [0.2, 0.25) is 5.82 Å². The molecule has 2 heterocycles. The molecule has 0 aromatic carbocycles. The highest BCUT2D eigenvalue weighted by atomic mass is 19.1. The maximum absolute atomic E-state index is 13.2. The molecule has 7 heteroatoms. The van der Waals surface area contributed by atoms with Crippen LogP contribution in [0.5, 0.6) is 0 Å². The first-order valence-corrected chi connectivity index (χ1v) is 6.28. The summed E-state index contributed by atoms with van der Waals surface area (Å²) in [4.78, 5) is 28.5. The maximum Gasteiger partial charge on any atom is 0.328 e. The van der Waals surface area contributed by atoms with Crippen LogP contribution in [0.25, 0.3) is 0 Å². The zero-order valence-electron chi connectivity index (χ0n) is 11.0. The summed E-state index contributed by atoms with van der Waals surface area (Å²) in [5.74, 6) is -0.995. The van der Waals surface area contributed by atoms with Crippen molar-refractivity contribution in [3.63, 3.8) is 0 Å². The summed E-state index contributed by atoms with van der Waals surface area (Å²) >= 11 is 0. The smallest absolute Gasteiger partial charge is 0.328 e. The highest BCUT2D eigenvalue weighted by Gasteiger charge is 2.05. The van der Waals surface area contributed by atoms with E-state index in [1.807, 2.05) is 11.1 Å². The van der Waals surface area contributed by atoms with Gasteiger partial charge in [-0.1, -0.05) is 6.92 Å². The number of aromatic amines is 1. The molecule has 0 saturated carbocycles. The second-order valence-electron chi connectivity index (χ2n) is 4.33. The third-order valence-corrected chi connectivity index (χ3v) is 2.70. The van der Waals surface area contributed by atoms with Crippen LogP contribution in [0.15, 0.2) is 34.1 Å². The van der Waals surface area contributed by atoms with Crippen LogP contribution in [0.4, 0.5) is 10.1 Å². The maximum atomic E-state index is 13.2. The Morgan fingerprint density at radius 2 is 2.25 bits per heavy atom. The van der Waals surface area contributed by atoms with Crippen molar-refractivity contribution in [1.82, 2.24) is 14.5 Å². The molecule has 20 heavy (non-hydrogen) atoms. The Labute approximate surface area is 114 Å². The van der Waals surface area contributed by atoms with Crippen molar-refractivity contribution >= 4 is 5.69 Å². The lowest BCUT2D eigenvalue weighted by Crippen LogP contribution is -2.31. The van der Waals surface area contributed by atoms with Crippen molar-refractivity contribution in [2.75, 3.05) is 11.9 Å². The quantitative estimate of drug-likeness (QED) is 0.853. The van der Waals surface area contributed by atoms with E-state index in [9.17, 15) is 14.0 Å². The van der Waals surface area contributed by atoms with E-state index in [0.29, 0.717) is 5.69 Å². The minimum atomic E-state index is -1.02. The molecule has 0 aliphatic carbocycles. The van der Waals surface area contributed by atoms with Crippen LogP contribution in [-0.4, -0.2) is 21.1 Å². The summed E-state index contributed by atoms with van der Waals surface area (Å²) in [6.45, 7) is 2.97. The SMILES string of the molecule is CCCNc1ccnc(Cn2cc(F)c(=O)[nH]c2=O)c1. The Bertz CT molecular complexity index is 708. The van der Waals surface area contributed by atoms with Crippen molar-refractivity contribution in [2.24, 2.45) is 0 Å². The number of aromatic nitrogens is 3. The lowest BCUT2D eigenvalue weighted by atomic mass is 10.3. The first-order chi connectivity index (χ1) is 9.60. The van der Waals surface area contributed by atoms with Gasteiger partial charge in [0.25, 0.3) is 5.56 Å². The van der Waals surface area contributed by atoms with Gasteiger partial charge < -0.3 is 5.32 Å². The molecule has 2 aromatic heterocycles. The highest BCUT2D eigenvalue weighted by Crippen LogP contribution is 2.08. The van der Waals surface area contributed by atoms with E-state index < -0.39 is 17.1 Å². The van der Waals surface area contributed by atoms with Crippen LogP contribution in [-0.2, 0) is 6.54 Å². The standard InChI is InChI=1S/C13H15FN4O2/c1-2-4-15-9-3-5-16-10(6-9)7-18-8-11(14)12(19)17-13(18)20/h3,5-6,8H,2,4,7H2,1H3,(H,15,16)(H,17,19,20). The van der Waals surface area contributed by atoms with E-state index in [1.165, 1.54) is 0 Å². The minimum Gasteiger partial charge on any atom is -0.385 e. The number of anilines is 1. The number of rotatable bonds is 5. The second-order valence-corrected chi connectivity index (χ2v) is 4.33. The van der Waals surface area contributed by atoms with Crippen molar-refractivity contribution in [3.05, 3.63) is 56.9 Å². The van der Waals surface area contributed by atoms with E-state index in [-0.39, 0.29) is 6.54 Å². The molecule has 0 bridgehead atoms. The summed E-state index contributed by atoms with van der Waals surface area (Å²) < 4.78 is 14.2. The molecule has 0 amide bonds. The van der Waals surface area contributed by atoms with Gasteiger partial charge in [-0.25, -0.2) is 4.79 Å². The monoisotopic (exact) mass is 278 g/mol. The van der Waals surface area contributed by atoms with E-state index in [2.05, 4.69) is 17.2 Å². The van der Waals surface area contributed by atoms with Crippen molar-refractivity contribution in [1.29, 1.82) is 0 Å². The topological polar surface area (TPSA) is 79.8 Å². The first-order valence-electron chi connectivity index (χ1n) is 6.28. The summed E-state index contributed by atoms with van der Waals surface area (Å²) in [6, 6.07) is 3.60. The van der Waals surface area contributed by atoms with E-state index >= 15 is 0 Å². The number of hydrogen-bond acceptors (Lipinski definition) is 4. The molecule has 0 spiro atoms. The Morgan fingerprint density at radius 1 is 1.45 bits per heavy atom. The Hall–Kier alpha value is -2.44. The molecular formula is C13H15FN4O2. The normalized spacial score (nSPS) is 10.5. The molecular weight excluding hydrogens is 263 g/mol. The van der Waals surface area contributed by atoms with Crippen LogP contribution < -0.4 is 16.6 Å². The molecule has 0 radical (unpaired) electrons. The zero-order chi connectivity index (χ0) is 14.5. The van der Waals surface area contributed by atoms with Gasteiger partial charge in [0.15, 0.2) is 0 Å². The molecule has 0 aliphatic heterocycles. The second kappa shape index (κ2) is 6.14. The van der Waals surface area contributed by atoms with Crippen molar-refractivity contribution in [2.45, 2.75) is 19.9 Å². The largest absolute Gasteiger partial charge is 0.385 e. The number of nitrogens with zero attached hydrogens (tertiary/aromatic N) is 2. The lowest BCUT2D eigenvalue weighted by molar-refractivity contribution is 0.564. The molecule has 2 aromatic rings. The molecule has 6 nitrogen and oxygen atoms in total. The predicted molar refractivity (Wildman–Crippen MR) is 73.4 cm³/mol. The molecule has 2 rings (SSSR count). The molecule has 0 atom stereocenters. The fourth-order valence-corrected chi connectivity index (χ4v) is 1.72. The summed E-state index contributed by atoms with van der Waals surface area (Å²) in [6.07, 6.45) is 3.48. The van der Waals surface area contributed by atoms with Gasteiger partial charge in [0.05, 0.1) is 18.4 Å². The highest BCUT2D eigenvalue weighted by molar-refractivity contribution is 5.43. The van der Waals surface area contributed by atoms with E-state index in [4.69, 9.17) is 0 Å². The Kier molecular flexibility index (Phi) is 4.29. The van der Waals surface area contributed by atoms with Crippen LogP contribution in [0.3, 0.4) is 0 Å². The summed E-state index contributed by atoms with van der Waals surface area (Å²) in [7, 11) is 0. The van der Waals surface area contributed by atoms with E-state index in [1.54, 1.807) is 12.3 Å². The van der Waals surface area contributed by atoms with E-state index in [0.717, 1.165) is 29.4 Å². The van der Waals surface area contributed by atoms with Crippen LogP contribution in [0.1, 0.15) is 19.0 Å². The van der Waals surface area contributed by atoms with Gasteiger partial charge in [-0.05, 0) is 18.6 Å². The van der Waals surface area contributed by atoms with Crippen LogP contribution >= 0.6 is 0 Å². The average molecular weight is 278 g/mol. The van der Waals surface area contributed by atoms with Crippen molar-refractivity contribution in [3.8, 4) is 0 Å². The van der Waals surface area contributed by atoms with Crippen LogP contribution in [0, 0.1) is 5.82 Å². The minimum absolute atomic E-state index is 0.0914. The molecule has 0 saturated heterocycles. The third kappa shape index (κ3) is 3.31. The molecule has 2 N–H and O–H groups in total. The summed E-state index contributed by atoms with van der Waals surface area (Å²) in [5.41, 5.74) is -0.197. The van der Waals surface area contributed by atoms with Gasteiger partial charge in [0, 0.05) is 18.4 Å². The van der Waals surface area contributed by atoms with Crippen LogP contribution in [0.2, 0.25) is 0 Å². The zero-order valence-corrected chi connectivity index (χ0v) is 11.0. The predicted octanol–water partition coefficient (Wildman–Crippen LogP) is 0.941. The summed E-state index contributed by atoms with van der Waals surface area (Å²) in [5, 5.41) is 3.20. The average Bonchev–Trinajstić information content (AvgIpc) is 2.43. The van der Waals surface area contributed by atoms with Gasteiger partial charge in [0.1, 0.15) is 0 Å². The Balaban J connectivity index is 2.24. The van der Waals surface area contributed by atoms with Gasteiger partial charge >= 0.3 is 5.69 Å². The number of hydrogen-bond donors (Lipinski definition) is 2. The Morgan fingerprint density at radius 3 is 3.00 bits per heavy atom. The molecule has 0 aliphatic rings. The van der Waals surface area contributed by atoms with Crippen molar-refractivity contribution < 1.29 is 4.39 Å². The molecule has 0 fully saturated rings. The lowest BCUT2D eigenvalue weighted by Gasteiger charge is -2.08.